The molecule has 3 aliphatic heterocycles. The molecule has 0 aliphatic carbocycles. The van der Waals surface area contributed by atoms with Crippen molar-refractivity contribution in [1.82, 2.24) is 9.55 Å². The van der Waals surface area contributed by atoms with E-state index in [1.165, 1.54) is 44.2 Å². The van der Waals surface area contributed by atoms with Gasteiger partial charge in [0.2, 0.25) is 0 Å². The van der Waals surface area contributed by atoms with E-state index in [1.807, 2.05) is 11.8 Å². The predicted molar refractivity (Wildman–Crippen MR) is 179 cm³/mol. The van der Waals surface area contributed by atoms with Gasteiger partial charge >= 0.3 is 0 Å². The van der Waals surface area contributed by atoms with Gasteiger partial charge in [-0.05, 0) is 65.2 Å². The van der Waals surface area contributed by atoms with Crippen LogP contribution in [-0.2, 0) is 6.42 Å². The van der Waals surface area contributed by atoms with Crippen LogP contribution in [0.15, 0.2) is 133 Å². The summed E-state index contributed by atoms with van der Waals surface area (Å²) in [6, 6.07) is 46.6. The Morgan fingerprint density at radius 3 is 2.33 bits per heavy atom. The minimum absolute atomic E-state index is 0.106. The van der Waals surface area contributed by atoms with E-state index in [9.17, 15) is 0 Å². The van der Waals surface area contributed by atoms with E-state index < -0.39 is 0 Å². The maximum Gasteiger partial charge on any atom is 0.114 e. The normalized spacial score (nSPS) is 20.0. The number of rotatable bonds is 4. The van der Waals surface area contributed by atoms with Crippen molar-refractivity contribution in [3.63, 3.8) is 0 Å². The maximum absolute atomic E-state index is 4.92. The van der Waals surface area contributed by atoms with Crippen molar-refractivity contribution in [2.45, 2.75) is 30.7 Å². The summed E-state index contributed by atoms with van der Waals surface area (Å²) in [7, 11) is 0. The van der Waals surface area contributed by atoms with Gasteiger partial charge in [-0.25, -0.2) is 4.98 Å². The number of nitrogens with one attached hydrogen (secondary N) is 1. The van der Waals surface area contributed by atoms with Crippen LogP contribution >= 0.6 is 11.8 Å². The van der Waals surface area contributed by atoms with Gasteiger partial charge < -0.3 is 10.2 Å². The first-order valence-corrected chi connectivity index (χ1v) is 15.9. The molecule has 5 heteroatoms. The van der Waals surface area contributed by atoms with Crippen molar-refractivity contribution < 1.29 is 0 Å². The summed E-state index contributed by atoms with van der Waals surface area (Å²) in [4.78, 5) is 8.94. The number of hydrogen-bond donors (Lipinski definition) is 1. The SMILES string of the molecule is CCc1nc2ccccc2n1-c1ccc(N2c3ccccc3C3SC4=C(C(c5ccccc5)Nc5ccccc54)C32)cc1. The van der Waals surface area contributed by atoms with Crippen molar-refractivity contribution in [3.05, 3.63) is 155 Å². The second-order valence-electron chi connectivity index (χ2n) is 11.5. The number of fused-ring (bicyclic) bond motifs is 7. The average Bonchev–Trinajstić information content (AvgIpc) is 3.74. The molecule has 1 aromatic heterocycles. The zero-order valence-corrected chi connectivity index (χ0v) is 24.6. The largest absolute Gasteiger partial charge is 0.374 e. The molecule has 1 N–H and O–H groups in total. The third kappa shape index (κ3) is 3.68. The Bertz CT molecular complexity index is 2040. The summed E-state index contributed by atoms with van der Waals surface area (Å²) in [5.41, 5.74) is 12.6. The van der Waals surface area contributed by atoms with Crippen molar-refractivity contribution in [2.75, 3.05) is 10.2 Å². The van der Waals surface area contributed by atoms with Crippen LogP contribution in [0.1, 0.15) is 40.7 Å². The molecule has 3 unspecified atom stereocenters. The zero-order chi connectivity index (χ0) is 28.5. The molecule has 5 aromatic carbocycles. The van der Waals surface area contributed by atoms with E-state index in [-0.39, 0.29) is 12.1 Å². The topological polar surface area (TPSA) is 33.1 Å². The third-order valence-corrected chi connectivity index (χ3v) is 10.6. The first-order valence-electron chi connectivity index (χ1n) is 15.1. The lowest BCUT2D eigenvalue weighted by atomic mass is 9.86. The van der Waals surface area contributed by atoms with Crippen LogP contribution in [-0.4, -0.2) is 15.6 Å². The molecule has 6 aromatic rings. The minimum Gasteiger partial charge on any atom is -0.374 e. The molecule has 3 atom stereocenters. The van der Waals surface area contributed by atoms with Gasteiger partial charge in [-0.15, -0.1) is 11.8 Å². The van der Waals surface area contributed by atoms with Gasteiger partial charge in [0.15, 0.2) is 0 Å². The molecule has 4 nitrogen and oxygen atoms in total. The highest BCUT2D eigenvalue weighted by molar-refractivity contribution is 8.09. The number of aryl methyl sites for hydroxylation is 1. The summed E-state index contributed by atoms with van der Waals surface area (Å²) < 4.78 is 2.30. The molecule has 43 heavy (non-hydrogen) atoms. The Kier molecular flexibility index (Phi) is 5.57. The van der Waals surface area contributed by atoms with Crippen molar-refractivity contribution in [1.29, 1.82) is 0 Å². The van der Waals surface area contributed by atoms with E-state index in [0.29, 0.717) is 5.25 Å². The third-order valence-electron chi connectivity index (χ3n) is 9.14. The van der Waals surface area contributed by atoms with E-state index in [4.69, 9.17) is 4.98 Å². The number of imidazole rings is 1. The molecule has 0 fully saturated rings. The molecule has 0 amide bonds. The minimum atomic E-state index is 0.106. The average molecular weight is 575 g/mol. The number of nitrogens with zero attached hydrogens (tertiary/aromatic N) is 3. The molecule has 208 valence electrons. The van der Waals surface area contributed by atoms with E-state index in [1.54, 1.807) is 0 Å². The van der Waals surface area contributed by atoms with Crippen LogP contribution in [0.2, 0.25) is 0 Å². The van der Waals surface area contributed by atoms with Crippen molar-refractivity contribution >= 4 is 44.8 Å². The molecule has 0 bridgehead atoms. The van der Waals surface area contributed by atoms with Crippen LogP contribution in [0, 0.1) is 0 Å². The molecule has 0 spiro atoms. The number of hydrogen-bond acceptors (Lipinski definition) is 4. The summed E-state index contributed by atoms with van der Waals surface area (Å²) >= 11 is 2.04. The Labute approximate surface area is 255 Å². The van der Waals surface area contributed by atoms with Crippen LogP contribution < -0.4 is 10.2 Å². The molecule has 0 saturated carbocycles. The van der Waals surface area contributed by atoms with E-state index >= 15 is 0 Å². The smallest absolute Gasteiger partial charge is 0.114 e. The van der Waals surface area contributed by atoms with Crippen molar-refractivity contribution in [2.24, 2.45) is 0 Å². The summed E-state index contributed by atoms with van der Waals surface area (Å²) in [5.74, 6) is 1.08. The fourth-order valence-corrected chi connectivity index (χ4v) is 8.95. The van der Waals surface area contributed by atoms with Gasteiger partial charge in [-0.1, -0.05) is 85.8 Å². The quantitative estimate of drug-likeness (QED) is 0.227. The van der Waals surface area contributed by atoms with Gasteiger partial charge in [0.1, 0.15) is 5.82 Å². The summed E-state index contributed by atoms with van der Waals surface area (Å²) in [6.45, 7) is 2.18. The lowest BCUT2D eigenvalue weighted by Gasteiger charge is -2.36. The lowest BCUT2D eigenvalue weighted by Crippen LogP contribution is -2.34. The van der Waals surface area contributed by atoms with Gasteiger partial charge in [-0.2, -0.15) is 0 Å². The Balaban J connectivity index is 1.20. The number of thioether (sulfide) groups is 1. The van der Waals surface area contributed by atoms with E-state index in [2.05, 4.69) is 149 Å². The van der Waals surface area contributed by atoms with Gasteiger partial charge in [-0.3, -0.25) is 4.57 Å². The fraction of sp³-hybridized carbons (Fsp3) is 0.132. The first kappa shape index (κ1) is 24.8. The zero-order valence-electron chi connectivity index (χ0n) is 23.8. The number of benzene rings is 5. The van der Waals surface area contributed by atoms with Gasteiger partial charge in [0.25, 0.3) is 0 Å². The highest BCUT2D eigenvalue weighted by Gasteiger charge is 2.51. The Morgan fingerprint density at radius 1 is 0.744 bits per heavy atom. The fourth-order valence-electron chi connectivity index (χ4n) is 7.29. The highest BCUT2D eigenvalue weighted by Crippen LogP contribution is 2.65. The molecular weight excluding hydrogens is 545 g/mol. The van der Waals surface area contributed by atoms with Crippen LogP contribution in [0.4, 0.5) is 17.1 Å². The van der Waals surface area contributed by atoms with Crippen LogP contribution in [0.3, 0.4) is 0 Å². The second-order valence-corrected chi connectivity index (χ2v) is 12.6. The standard InChI is InChI=1S/C38H30N4S/c1-2-33-39-30-17-9-11-19-32(30)41(33)25-20-22-26(23-21-25)42-31-18-10-7-15-28(31)38-36(42)34-35(24-12-4-3-5-13-24)40-29-16-8-6-14-27(29)37(34)43-38/h3-23,35-36,38,40H,2H2,1H3. The van der Waals surface area contributed by atoms with Crippen LogP contribution in [0.25, 0.3) is 21.6 Å². The van der Waals surface area contributed by atoms with Gasteiger partial charge in [0, 0.05) is 39.6 Å². The van der Waals surface area contributed by atoms with Crippen molar-refractivity contribution in [3.8, 4) is 5.69 Å². The number of aromatic nitrogens is 2. The number of para-hydroxylation sites is 4. The number of anilines is 3. The van der Waals surface area contributed by atoms with Crippen LogP contribution in [0.5, 0.6) is 0 Å². The molecule has 3 aliphatic rings. The molecule has 4 heterocycles. The molecular formula is C38H30N4S. The summed E-state index contributed by atoms with van der Waals surface area (Å²) in [6.07, 6.45) is 0.878. The van der Waals surface area contributed by atoms with Gasteiger partial charge in [0.05, 0.1) is 28.4 Å². The highest BCUT2D eigenvalue weighted by atomic mass is 32.2. The monoisotopic (exact) mass is 574 g/mol. The predicted octanol–water partition coefficient (Wildman–Crippen LogP) is 9.47. The Morgan fingerprint density at radius 2 is 1.47 bits per heavy atom. The molecule has 9 rings (SSSR count). The lowest BCUT2D eigenvalue weighted by molar-refractivity contribution is 0.715. The molecule has 0 saturated heterocycles. The maximum atomic E-state index is 4.92. The van der Waals surface area contributed by atoms with E-state index in [0.717, 1.165) is 29.0 Å². The second kappa shape index (κ2) is 9.65. The Hall–Kier alpha value is -4.74. The molecule has 0 radical (unpaired) electrons. The first-order chi connectivity index (χ1) is 21.3. The summed E-state index contributed by atoms with van der Waals surface area (Å²) in [5, 5.41) is 4.27.